The van der Waals surface area contributed by atoms with Gasteiger partial charge in [0.1, 0.15) is 18.4 Å². The van der Waals surface area contributed by atoms with Gasteiger partial charge in [-0.15, -0.1) is 6.42 Å². The minimum Gasteiger partial charge on any atom is -0.481 e. The van der Waals surface area contributed by atoms with Crippen molar-refractivity contribution >= 4 is 29.3 Å². The van der Waals surface area contributed by atoms with Crippen LogP contribution in [0.1, 0.15) is 18.4 Å². The van der Waals surface area contributed by atoms with E-state index in [1.54, 1.807) is 0 Å². The first-order valence-corrected chi connectivity index (χ1v) is 10.5. The number of likely N-dealkylation sites (tertiary alicyclic amines) is 1. The fourth-order valence-electron chi connectivity index (χ4n) is 3.86. The highest BCUT2D eigenvalue weighted by molar-refractivity contribution is 6.01. The molecule has 1 atom stereocenters. The number of hydrogen-bond acceptors (Lipinski definition) is 5. The number of halogens is 1. The summed E-state index contributed by atoms with van der Waals surface area (Å²) in [5.41, 5.74) is 0.963. The number of terminal acetylenes is 1. The monoisotopic (exact) mass is 451 g/mol. The quantitative estimate of drug-likeness (QED) is 0.707. The highest BCUT2D eigenvalue weighted by atomic mass is 19.1. The van der Waals surface area contributed by atoms with Crippen LogP contribution in [-0.4, -0.2) is 48.5 Å². The number of ether oxygens (including phenoxy) is 2. The minimum atomic E-state index is -0.802. The average molecular weight is 451 g/mol. The standard InChI is InChI=1S/C24H22FN3O5/c1-2-10-27-20-13-18(17(25)12-21(20)32-15-22(27)29)26-23(30)19-9-6-11-28(19)24(31)33-14-16-7-4-3-5-8-16/h1,3-5,7-8,12-13,19H,6,9-11,14-15H2,(H,26,30). The molecule has 2 aromatic rings. The summed E-state index contributed by atoms with van der Waals surface area (Å²) in [4.78, 5) is 40.2. The van der Waals surface area contributed by atoms with Crippen molar-refractivity contribution in [3.8, 4) is 18.1 Å². The van der Waals surface area contributed by atoms with E-state index in [0.29, 0.717) is 19.4 Å². The number of anilines is 2. The number of benzene rings is 2. The molecule has 1 saturated heterocycles. The zero-order valence-corrected chi connectivity index (χ0v) is 17.8. The van der Waals surface area contributed by atoms with Gasteiger partial charge in [0.15, 0.2) is 12.4 Å². The van der Waals surface area contributed by atoms with Gasteiger partial charge in [0, 0.05) is 12.6 Å². The molecule has 3 amide bonds. The third kappa shape index (κ3) is 4.75. The molecule has 33 heavy (non-hydrogen) atoms. The lowest BCUT2D eigenvalue weighted by atomic mass is 10.1. The Bertz CT molecular complexity index is 1120. The fraction of sp³-hybridized carbons (Fsp3) is 0.292. The zero-order valence-electron chi connectivity index (χ0n) is 17.8. The molecule has 8 nitrogen and oxygen atoms in total. The van der Waals surface area contributed by atoms with E-state index in [1.807, 2.05) is 30.3 Å². The largest absolute Gasteiger partial charge is 0.481 e. The summed E-state index contributed by atoms with van der Waals surface area (Å²) >= 11 is 0. The molecule has 0 radical (unpaired) electrons. The van der Waals surface area contributed by atoms with Crippen molar-refractivity contribution in [1.82, 2.24) is 4.90 Å². The van der Waals surface area contributed by atoms with Crippen LogP contribution in [0.4, 0.5) is 20.6 Å². The van der Waals surface area contributed by atoms with Gasteiger partial charge in [0.25, 0.3) is 5.91 Å². The maximum absolute atomic E-state index is 14.7. The summed E-state index contributed by atoms with van der Waals surface area (Å²) in [6, 6.07) is 10.8. The molecule has 1 fully saturated rings. The van der Waals surface area contributed by atoms with E-state index in [2.05, 4.69) is 11.2 Å². The highest BCUT2D eigenvalue weighted by Crippen LogP contribution is 2.36. The van der Waals surface area contributed by atoms with Gasteiger partial charge < -0.3 is 14.8 Å². The second-order valence-corrected chi connectivity index (χ2v) is 7.65. The molecule has 2 aliphatic heterocycles. The topological polar surface area (TPSA) is 88.2 Å². The van der Waals surface area contributed by atoms with Crippen LogP contribution in [0.5, 0.6) is 5.75 Å². The van der Waals surface area contributed by atoms with Gasteiger partial charge in [0.05, 0.1) is 17.9 Å². The van der Waals surface area contributed by atoms with Gasteiger partial charge in [0.2, 0.25) is 5.91 Å². The Morgan fingerprint density at radius 1 is 1.27 bits per heavy atom. The lowest BCUT2D eigenvalue weighted by Gasteiger charge is -2.29. The van der Waals surface area contributed by atoms with Crippen molar-refractivity contribution in [2.45, 2.75) is 25.5 Å². The first kappa shape index (κ1) is 22.1. The molecule has 9 heteroatoms. The summed E-state index contributed by atoms with van der Waals surface area (Å²) in [5.74, 6) is 0.897. The molecule has 0 aromatic heterocycles. The molecule has 2 heterocycles. The van der Waals surface area contributed by atoms with Crippen molar-refractivity contribution < 1.29 is 28.2 Å². The molecular formula is C24H22FN3O5. The molecular weight excluding hydrogens is 429 g/mol. The van der Waals surface area contributed by atoms with Crippen molar-refractivity contribution in [3.05, 3.63) is 53.8 Å². The summed E-state index contributed by atoms with van der Waals surface area (Å²) in [7, 11) is 0. The van der Waals surface area contributed by atoms with E-state index in [9.17, 15) is 18.8 Å². The predicted molar refractivity (Wildman–Crippen MR) is 118 cm³/mol. The molecule has 0 bridgehead atoms. The van der Waals surface area contributed by atoms with Crippen LogP contribution in [0.25, 0.3) is 0 Å². The van der Waals surface area contributed by atoms with E-state index in [4.69, 9.17) is 15.9 Å². The zero-order chi connectivity index (χ0) is 23.4. The van der Waals surface area contributed by atoms with Crippen LogP contribution < -0.4 is 15.0 Å². The minimum absolute atomic E-state index is 0.0160. The Labute approximate surface area is 190 Å². The van der Waals surface area contributed by atoms with Gasteiger partial charge in [-0.05, 0) is 24.5 Å². The molecule has 4 rings (SSSR count). The van der Waals surface area contributed by atoms with Crippen LogP contribution in [0, 0.1) is 18.2 Å². The van der Waals surface area contributed by atoms with Crippen LogP contribution in [0.2, 0.25) is 0 Å². The number of carbonyl (C=O) groups is 3. The van der Waals surface area contributed by atoms with E-state index in [0.717, 1.165) is 11.6 Å². The highest BCUT2D eigenvalue weighted by Gasteiger charge is 2.36. The third-order valence-electron chi connectivity index (χ3n) is 5.49. The normalized spacial score (nSPS) is 17.1. The molecule has 2 aromatic carbocycles. The maximum atomic E-state index is 14.7. The van der Waals surface area contributed by atoms with Crippen molar-refractivity contribution in [2.75, 3.05) is 29.9 Å². The van der Waals surface area contributed by atoms with E-state index < -0.39 is 23.9 Å². The predicted octanol–water partition coefficient (Wildman–Crippen LogP) is 2.92. The Morgan fingerprint density at radius 3 is 2.82 bits per heavy atom. The summed E-state index contributed by atoms with van der Waals surface area (Å²) in [6.45, 7) is 0.180. The summed E-state index contributed by atoms with van der Waals surface area (Å²) < 4.78 is 25.3. The van der Waals surface area contributed by atoms with Crippen LogP contribution in [0.15, 0.2) is 42.5 Å². The number of fused-ring (bicyclic) bond motifs is 1. The number of nitrogens with one attached hydrogen (secondary N) is 1. The SMILES string of the molecule is C#CCN1C(=O)COc2cc(F)c(NC(=O)C3CCCN3C(=O)OCc3ccccc3)cc21. The second kappa shape index (κ2) is 9.61. The molecule has 0 aliphatic carbocycles. The van der Waals surface area contributed by atoms with Crippen LogP contribution >= 0.6 is 0 Å². The second-order valence-electron chi connectivity index (χ2n) is 7.65. The molecule has 0 spiro atoms. The Hall–Kier alpha value is -4.06. The molecule has 2 aliphatic rings. The van der Waals surface area contributed by atoms with E-state index in [1.165, 1.54) is 15.9 Å². The van der Waals surface area contributed by atoms with Gasteiger partial charge in [-0.2, -0.15) is 0 Å². The Balaban J connectivity index is 1.46. The summed E-state index contributed by atoms with van der Waals surface area (Å²) in [6.07, 6.45) is 5.76. The van der Waals surface area contributed by atoms with Crippen molar-refractivity contribution in [1.29, 1.82) is 0 Å². The van der Waals surface area contributed by atoms with Crippen molar-refractivity contribution in [2.24, 2.45) is 0 Å². The molecule has 0 saturated carbocycles. The van der Waals surface area contributed by atoms with Crippen LogP contribution in [0.3, 0.4) is 0 Å². The van der Waals surface area contributed by atoms with E-state index >= 15 is 0 Å². The number of nitrogens with zero attached hydrogens (tertiary/aromatic N) is 2. The molecule has 170 valence electrons. The Morgan fingerprint density at radius 2 is 2.06 bits per heavy atom. The third-order valence-corrected chi connectivity index (χ3v) is 5.49. The van der Waals surface area contributed by atoms with Crippen LogP contribution in [-0.2, 0) is 20.9 Å². The lowest BCUT2D eigenvalue weighted by Crippen LogP contribution is -2.43. The lowest BCUT2D eigenvalue weighted by molar-refractivity contribution is -0.121. The molecule has 1 N–H and O–H groups in total. The summed E-state index contributed by atoms with van der Waals surface area (Å²) in [5, 5.41) is 2.53. The van der Waals surface area contributed by atoms with Gasteiger partial charge in [-0.1, -0.05) is 36.3 Å². The molecule has 1 unspecified atom stereocenters. The number of rotatable bonds is 5. The number of amides is 3. The van der Waals surface area contributed by atoms with Gasteiger partial charge in [-0.25, -0.2) is 9.18 Å². The van der Waals surface area contributed by atoms with E-state index in [-0.39, 0.29) is 42.8 Å². The fourth-order valence-corrected chi connectivity index (χ4v) is 3.86. The first-order chi connectivity index (χ1) is 16.0. The number of carbonyl (C=O) groups excluding carboxylic acids is 3. The first-order valence-electron chi connectivity index (χ1n) is 10.5. The van der Waals surface area contributed by atoms with Gasteiger partial charge >= 0.3 is 6.09 Å². The maximum Gasteiger partial charge on any atom is 0.410 e. The smallest absolute Gasteiger partial charge is 0.410 e. The average Bonchev–Trinajstić information content (AvgIpc) is 3.31. The number of hydrogen-bond donors (Lipinski definition) is 1. The van der Waals surface area contributed by atoms with Gasteiger partial charge in [-0.3, -0.25) is 19.4 Å². The van der Waals surface area contributed by atoms with Crippen molar-refractivity contribution in [3.63, 3.8) is 0 Å². The Kier molecular flexibility index (Phi) is 6.45.